The first-order valence-corrected chi connectivity index (χ1v) is 6.50. The van der Waals surface area contributed by atoms with Crippen molar-refractivity contribution >= 4 is 0 Å². The Balaban J connectivity index is 2.14. The van der Waals surface area contributed by atoms with E-state index in [1.807, 2.05) is 0 Å². The van der Waals surface area contributed by atoms with Gasteiger partial charge in [0.05, 0.1) is 4.92 Å². The summed E-state index contributed by atoms with van der Waals surface area (Å²) < 4.78 is 40.4. The Hall–Kier alpha value is -1.37. The van der Waals surface area contributed by atoms with Crippen molar-refractivity contribution in [2.75, 3.05) is 13.2 Å². The highest BCUT2D eigenvalue weighted by molar-refractivity contribution is 5.24. The summed E-state index contributed by atoms with van der Waals surface area (Å²) in [4.78, 5) is 10.3. The first-order valence-electron chi connectivity index (χ1n) is 6.50. The molecular formula is C13H17F3N2O2. The van der Waals surface area contributed by atoms with E-state index in [0.29, 0.717) is 0 Å². The molecule has 1 saturated heterocycles. The molecule has 1 N–H and O–H groups in total. The van der Waals surface area contributed by atoms with Crippen LogP contribution in [0.25, 0.3) is 0 Å². The van der Waals surface area contributed by atoms with Gasteiger partial charge in [0.25, 0.3) is 0 Å². The second-order valence-electron chi connectivity index (χ2n) is 5.78. The quantitative estimate of drug-likeness (QED) is 0.642. The number of nitro groups is 1. The van der Waals surface area contributed by atoms with Crippen molar-refractivity contribution in [2.24, 2.45) is 5.92 Å². The second kappa shape index (κ2) is 5.20. The van der Waals surface area contributed by atoms with Crippen LogP contribution in [0.3, 0.4) is 0 Å². The smallest absolute Gasteiger partial charge is 0.247 e. The number of alkyl halides is 2. The molecule has 20 heavy (non-hydrogen) atoms. The molecule has 1 heterocycles. The molecule has 112 valence electrons. The van der Waals surface area contributed by atoms with Crippen LogP contribution in [0.2, 0.25) is 0 Å². The fourth-order valence-electron chi connectivity index (χ4n) is 2.76. The maximum absolute atomic E-state index is 14.0. The largest absolute Gasteiger partial charge is 0.308 e. The minimum absolute atomic E-state index is 0.0196. The summed E-state index contributed by atoms with van der Waals surface area (Å²) in [5.41, 5.74) is -2.79. The third kappa shape index (κ3) is 2.72. The minimum Gasteiger partial charge on any atom is -0.308 e. The van der Waals surface area contributed by atoms with Gasteiger partial charge in [-0.2, -0.15) is 0 Å². The molecule has 1 aliphatic carbocycles. The van der Waals surface area contributed by atoms with Crippen LogP contribution in [0.1, 0.15) is 26.2 Å². The number of piperidine rings is 1. The summed E-state index contributed by atoms with van der Waals surface area (Å²) in [7, 11) is 0. The van der Waals surface area contributed by atoms with E-state index < -0.39 is 34.6 Å². The standard InChI is InChI=1S/C13H17F3N2O2/c1-12(4-5-13(16,7-14)8-17-12)10-6-9(18(19)20)2-3-11(10)15/h2-3,10,17H,4-8H2,1H3/t10-,12-,13-/m0/s1. The Kier molecular flexibility index (Phi) is 3.90. The summed E-state index contributed by atoms with van der Waals surface area (Å²) in [5, 5.41) is 13.6. The monoisotopic (exact) mass is 290 g/mol. The molecule has 4 nitrogen and oxygen atoms in total. The summed E-state index contributed by atoms with van der Waals surface area (Å²) >= 11 is 0. The highest BCUT2D eigenvalue weighted by Gasteiger charge is 2.47. The number of halogens is 3. The van der Waals surface area contributed by atoms with E-state index in [2.05, 4.69) is 5.32 Å². The average molecular weight is 290 g/mol. The summed E-state index contributed by atoms with van der Waals surface area (Å²) in [6.45, 7) is 0.409. The lowest BCUT2D eigenvalue weighted by Gasteiger charge is -2.45. The predicted octanol–water partition coefficient (Wildman–Crippen LogP) is 2.84. The number of rotatable bonds is 3. The van der Waals surface area contributed by atoms with Crippen LogP contribution in [0.4, 0.5) is 13.2 Å². The fraction of sp³-hybridized carbons (Fsp3) is 0.692. The molecule has 2 aliphatic rings. The summed E-state index contributed by atoms with van der Waals surface area (Å²) in [6.07, 6.45) is 2.40. The van der Waals surface area contributed by atoms with Crippen LogP contribution in [-0.2, 0) is 0 Å². The SMILES string of the molecule is C[C@@]1([C@H]2CC([N+](=O)[O-])=CC=C2F)CC[C@](F)(CF)CN1. The molecule has 0 aromatic rings. The van der Waals surface area contributed by atoms with Crippen molar-refractivity contribution in [3.05, 3.63) is 33.8 Å². The van der Waals surface area contributed by atoms with Gasteiger partial charge in [-0.1, -0.05) is 0 Å². The number of nitrogens with zero attached hydrogens (tertiary/aromatic N) is 1. The van der Waals surface area contributed by atoms with E-state index >= 15 is 0 Å². The summed E-state index contributed by atoms with van der Waals surface area (Å²) in [6, 6.07) is 0. The van der Waals surface area contributed by atoms with Crippen molar-refractivity contribution in [3.63, 3.8) is 0 Å². The molecule has 7 heteroatoms. The van der Waals surface area contributed by atoms with Gasteiger partial charge in [-0.25, -0.2) is 13.2 Å². The highest BCUT2D eigenvalue weighted by Crippen LogP contribution is 2.41. The van der Waals surface area contributed by atoms with Crippen molar-refractivity contribution in [2.45, 2.75) is 37.4 Å². The van der Waals surface area contributed by atoms with E-state index in [9.17, 15) is 23.3 Å². The van der Waals surface area contributed by atoms with Gasteiger partial charge in [0.2, 0.25) is 5.70 Å². The van der Waals surface area contributed by atoms with Crippen LogP contribution in [0, 0.1) is 16.0 Å². The lowest BCUT2D eigenvalue weighted by atomic mass is 9.72. The number of hydrogen-bond donors (Lipinski definition) is 1. The van der Waals surface area contributed by atoms with Gasteiger partial charge in [-0.15, -0.1) is 0 Å². The van der Waals surface area contributed by atoms with Gasteiger partial charge in [0, 0.05) is 30.5 Å². The fourth-order valence-corrected chi connectivity index (χ4v) is 2.76. The normalized spacial score (nSPS) is 38.1. The first-order chi connectivity index (χ1) is 9.30. The van der Waals surface area contributed by atoms with Crippen LogP contribution in [0.5, 0.6) is 0 Å². The lowest BCUT2D eigenvalue weighted by Crippen LogP contribution is -2.59. The Morgan fingerprint density at radius 1 is 1.50 bits per heavy atom. The van der Waals surface area contributed by atoms with E-state index in [0.717, 1.165) is 12.2 Å². The average Bonchev–Trinajstić information content (AvgIpc) is 2.43. The Bertz CT molecular complexity index is 468. The zero-order valence-electron chi connectivity index (χ0n) is 11.2. The lowest BCUT2D eigenvalue weighted by molar-refractivity contribution is -0.429. The Morgan fingerprint density at radius 3 is 2.70 bits per heavy atom. The molecule has 2 rings (SSSR count). The molecule has 3 atom stereocenters. The molecule has 0 bridgehead atoms. The molecule has 0 radical (unpaired) electrons. The van der Waals surface area contributed by atoms with E-state index in [-0.39, 0.29) is 31.5 Å². The molecule has 0 spiro atoms. The minimum atomic E-state index is -1.92. The van der Waals surface area contributed by atoms with Crippen LogP contribution in [0.15, 0.2) is 23.7 Å². The maximum atomic E-state index is 14.0. The van der Waals surface area contributed by atoms with Crippen LogP contribution < -0.4 is 5.32 Å². The van der Waals surface area contributed by atoms with E-state index in [1.165, 1.54) is 0 Å². The molecule has 0 aromatic heterocycles. The van der Waals surface area contributed by atoms with Crippen molar-refractivity contribution in [1.29, 1.82) is 0 Å². The van der Waals surface area contributed by atoms with Gasteiger partial charge in [0.15, 0.2) is 5.67 Å². The van der Waals surface area contributed by atoms with Crippen molar-refractivity contribution in [1.82, 2.24) is 5.32 Å². The van der Waals surface area contributed by atoms with Gasteiger partial charge in [-0.3, -0.25) is 10.1 Å². The maximum Gasteiger partial charge on any atom is 0.247 e. The Labute approximate surface area is 114 Å². The molecular weight excluding hydrogens is 273 g/mol. The van der Waals surface area contributed by atoms with Gasteiger partial charge in [-0.05, 0) is 25.8 Å². The summed E-state index contributed by atoms with van der Waals surface area (Å²) in [5.74, 6) is -1.19. The number of hydrogen-bond acceptors (Lipinski definition) is 3. The van der Waals surface area contributed by atoms with Gasteiger partial charge in [0.1, 0.15) is 12.5 Å². The highest BCUT2D eigenvalue weighted by atomic mass is 19.2. The number of allylic oxidation sites excluding steroid dienone is 3. The number of nitrogens with one attached hydrogen (secondary N) is 1. The van der Waals surface area contributed by atoms with Gasteiger partial charge < -0.3 is 5.32 Å². The van der Waals surface area contributed by atoms with Crippen molar-refractivity contribution in [3.8, 4) is 0 Å². The molecule has 0 aromatic carbocycles. The Morgan fingerprint density at radius 2 is 2.20 bits per heavy atom. The zero-order chi connectivity index (χ0) is 15.0. The van der Waals surface area contributed by atoms with E-state index in [1.54, 1.807) is 6.92 Å². The van der Waals surface area contributed by atoms with E-state index in [4.69, 9.17) is 0 Å². The molecule has 0 amide bonds. The zero-order valence-corrected chi connectivity index (χ0v) is 11.2. The predicted molar refractivity (Wildman–Crippen MR) is 67.8 cm³/mol. The third-order valence-corrected chi connectivity index (χ3v) is 4.33. The first kappa shape index (κ1) is 15.0. The molecule has 0 unspecified atom stereocenters. The topological polar surface area (TPSA) is 55.2 Å². The van der Waals surface area contributed by atoms with Crippen molar-refractivity contribution < 1.29 is 18.1 Å². The third-order valence-electron chi connectivity index (χ3n) is 4.33. The van der Waals surface area contributed by atoms with Crippen LogP contribution in [-0.4, -0.2) is 29.4 Å². The molecule has 1 fully saturated rings. The van der Waals surface area contributed by atoms with Gasteiger partial charge >= 0.3 is 0 Å². The van der Waals surface area contributed by atoms with Crippen LogP contribution >= 0.6 is 0 Å². The second-order valence-corrected chi connectivity index (χ2v) is 5.78. The molecule has 0 saturated carbocycles. The molecule has 1 aliphatic heterocycles.